The van der Waals surface area contributed by atoms with Crippen LogP contribution in [-0.4, -0.2) is 48.8 Å². The average Bonchev–Trinajstić information content (AvgIpc) is 2.58. The standard InChI is InChI=1S/C13H23NO3/c1-3-11(12(15)16)14-7-10(8-17-2)13(9-14)5-4-6-13/h10-11H,3-9H2,1-2H3,(H,15,16)/t10-,11-/m1/s1. The van der Waals surface area contributed by atoms with E-state index < -0.39 is 5.97 Å². The molecule has 4 heteroatoms. The Kier molecular flexibility index (Phi) is 3.73. The van der Waals surface area contributed by atoms with Gasteiger partial charge >= 0.3 is 5.97 Å². The number of nitrogens with zero attached hydrogens (tertiary/aromatic N) is 1. The summed E-state index contributed by atoms with van der Waals surface area (Å²) in [5.74, 6) is -0.158. The highest BCUT2D eigenvalue weighted by molar-refractivity contribution is 5.73. The Morgan fingerprint density at radius 1 is 1.59 bits per heavy atom. The zero-order chi connectivity index (χ0) is 12.5. The topological polar surface area (TPSA) is 49.8 Å². The summed E-state index contributed by atoms with van der Waals surface area (Å²) >= 11 is 0. The molecule has 0 aromatic carbocycles. The Labute approximate surface area is 103 Å². The summed E-state index contributed by atoms with van der Waals surface area (Å²) in [6, 6.07) is -0.311. The molecule has 1 saturated heterocycles. The summed E-state index contributed by atoms with van der Waals surface area (Å²) in [4.78, 5) is 13.4. The van der Waals surface area contributed by atoms with E-state index in [1.807, 2.05) is 6.92 Å². The van der Waals surface area contributed by atoms with Crippen LogP contribution in [0.3, 0.4) is 0 Å². The van der Waals surface area contributed by atoms with Gasteiger partial charge in [-0.05, 0) is 24.7 Å². The average molecular weight is 241 g/mol. The first kappa shape index (κ1) is 12.8. The van der Waals surface area contributed by atoms with Crippen LogP contribution in [0.5, 0.6) is 0 Å². The van der Waals surface area contributed by atoms with E-state index >= 15 is 0 Å². The molecule has 0 amide bonds. The molecular weight excluding hydrogens is 218 g/mol. The number of carbonyl (C=O) groups is 1. The van der Waals surface area contributed by atoms with Crippen molar-refractivity contribution in [2.24, 2.45) is 11.3 Å². The van der Waals surface area contributed by atoms with E-state index in [-0.39, 0.29) is 6.04 Å². The summed E-state index contributed by atoms with van der Waals surface area (Å²) in [5, 5.41) is 9.24. The third kappa shape index (κ3) is 2.20. The second-order valence-corrected chi connectivity index (χ2v) is 5.56. The van der Waals surface area contributed by atoms with Gasteiger partial charge in [0.15, 0.2) is 0 Å². The monoisotopic (exact) mass is 241 g/mol. The minimum atomic E-state index is -0.681. The van der Waals surface area contributed by atoms with Crippen LogP contribution in [0, 0.1) is 11.3 Å². The molecular formula is C13H23NO3. The quantitative estimate of drug-likeness (QED) is 0.794. The summed E-state index contributed by atoms with van der Waals surface area (Å²) in [6.07, 6.45) is 4.46. The van der Waals surface area contributed by atoms with E-state index in [1.54, 1.807) is 7.11 Å². The molecule has 1 heterocycles. The zero-order valence-electron chi connectivity index (χ0n) is 10.8. The van der Waals surface area contributed by atoms with Gasteiger partial charge in [-0.1, -0.05) is 13.3 Å². The lowest BCUT2D eigenvalue weighted by atomic mass is 9.63. The Bertz CT molecular complexity index is 288. The molecule has 1 spiro atoms. The molecule has 4 nitrogen and oxygen atoms in total. The fourth-order valence-corrected chi connectivity index (χ4v) is 3.53. The van der Waals surface area contributed by atoms with Gasteiger partial charge < -0.3 is 9.84 Å². The van der Waals surface area contributed by atoms with Crippen molar-refractivity contribution in [3.05, 3.63) is 0 Å². The van der Waals surface area contributed by atoms with Crippen LogP contribution in [0.25, 0.3) is 0 Å². The van der Waals surface area contributed by atoms with Gasteiger partial charge in [-0.2, -0.15) is 0 Å². The predicted molar refractivity (Wildman–Crippen MR) is 64.9 cm³/mol. The molecule has 1 saturated carbocycles. The van der Waals surface area contributed by atoms with Crippen molar-refractivity contribution in [3.63, 3.8) is 0 Å². The molecule has 0 bridgehead atoms. The molecule has 1 aliphatic carbocycles. The van der Waals surface area contributed by atoms with Gasteiger partial charge in [0.2, 0.25) is 0 Å². The lowest BCUT2D eigenvalue weighted by molar-refractivity contribution is -0.143. The van der Waals surface area contributed by atoms with Crippen molar-refractivity contribution in [1.82, 2.24) is 4.90 Å². The van der Waals surface area contributed by atoms with Crippen LogP contribution >= 0.6 is 0 Å². The number of aliphatic carboxylic acids is 1. The van der Waals surface area contributed by atoms with Gasteiger partial charge in [-0.15, -0.1) is 0 Å². The van der Waals surface area contributed by atoms with Crippen molar-refractivity contribution in [2.75, 3.05) is 26.8 Å². The Balaban J connectivity index is 2.05. The summed E-state index contributed by atoms with van der Waals surface area (Å²) in [5.41, 5.74) is 0.360. The number of hydrogen-bond acceptors (Lipinski definition) is 3. The highest BCUT2D eigenvalue weighted by atomic mass is 16.5. The van der Waals surface area contributed by atoms with Crippen LogP contribution in [-0.2, 0) is 9.53 Å². The molecule has 1 aliphatic heterocycles. The van der Waals surface area contributed by atoms with E-state index in [1.165, 1.54) is 19.3 Å². The highest BCUT2D eigenvalue weighted by Crippen LogP contribution is 2.52. The first-order valence-corrected chi connectivity index (χ1v) is 6.59. The molecule has 2 aliphatic rings. The molecule has 0 unspecified atom stereocenters. The maximum absolute atomic E-state index is 11.2. The van der Waals surface area contributed by atoms with E-state index in [4.69, 9.17) is 4.74 Å². The fraction of sp³-hybridized carbons (Fsp3) is 0.923. The highest BCUT2D eigenvalue weighted by Gasteiger charge is 2.51. The fourth-order valence-electron chi connectivity index (χ4n) is 3.53. The first-order valence-electron chi connectivity index (χ1n) is 6.59. The number of carboxylic acid groups (broad SMARTS) is 1. The van der Waals surface area contributed by atoms with E-state index in [0.29, 0.717) is 17.8 Å². The number of likely N-dealkylation sites (tertiary alicyclic amines) is 1. The maximum Gasteiger partial charge on any atom is 0.320 e. The third-order valence-electron chi connectivity index (χ3n) is 4.67. The maximum atomic E-state index is 11.2. The summed E-state index contributed by atoms with van der Waals surface area (Å²) in [6.45, 7) is 4.56. The third-order valence-corrected chi connectivity index (χ3v) is 4.67. The van der Waals surface area contributed by atoms with Crippen molar-refractivity contribution in [3.8, 4) is 0 Å². The van der Waals surface area contributed by atoms with Crippen molar-refractivity contribution in [2.45, 2.75) is 38.6 Å². The number of ether oxygens (including phenoxy) is 1. The van der Waals surface area contributed by atoms with Crippen LogP contribution in [0.4, 0.5) is 0 Å². The number of methoxy groups -OCH3 is 1. The number of hydrogen-bond donors (Lipinski definition) is 1. The minimum absolute atomic E-state index is 0.311. The Morgan fingerprint density at radius 2 is 2.29 bits per heavy atom. The molecule has 98 valence electrons. The predicted octanol–water partition coefficient (Wildman–Crippen LogP) is 1.60. The summed E-state index contributed by atoms with van der Waals surface area (Å²) in [7, 11) is 1.74. The molecule has 0 aromatic rings. The molecule has 2 rings (SSSR count). The molecule has 1 N–H and O–H groups in total. The van der Waals surface area contributed by atoms with Crippen molar-refractivity contribution in [1.29, 1.82) is 0 Å². The number of rotatable bonds is 5. The van der Waals surface area contributed by atoms with Crippen LogP contribution in [0.15, 0.2) is 0 Å². The van der Waals surface area contributed by atoms with E-state index in [0.717, 1.165) is 19.7 Å². The van der Waals surface area contributed by atoms with Gasteiger partial charge in [-0.25, -0.2) is 0 Å². The van der Waals surface area contributed by atoms with Crippen LogP contribution in [0.1, 0.15) is 32.6 Å². The first-order chi connectivity index (χ1) is 8.13. The van der Waals surface area contributed by atoms with Crippen molar-refractivity contribution >= 4 is 5.97 Å². The number of carboxylic acids is 1. The largest absolute Gasteiger partial charge is 0.480 e. The smallest absolute Gasteiger partial charge is 0.320 e. The minimum Gasteiger partial charge on any atom is -0.480 e. The van der Waals surface area contributed by atoms with Gasteiger partial charge in [0.1, 0.15) is 6.04 Å². The van der Waals surface area contributed by atoms with Crippen LogP contribution < -0.4 is 0 Å². The van der Waals surface area contributed by atoms with Gasteiger partial charge in [0, 0.05) is 26.1 Å². The molecule has 2 atom stereocenters. The summed E-state index contributed by atoms with van der Waals surface area (Å²) < 4.78 is 5.31. The van der Waals surface area contributed by atoms with E-state index in [9.17, 15) is 9.90 Å². The van der Waals surface area contributed by atoms with Gasteiger partial charge in [0.25, 0.3) is 0 Å². The Hall–Kier alpha value is -0.610. The van der Waals surface area contributed by atoms with Gasteiger partial charge in [0.05, 0.1) is 6.61 Å². The lowest BCUT2D eigenvalue weighted by Crippen LogP contribution is -2.42. The molecule has 0 aromatic heterocycles. The molecule has 0 radical (unpaired) electrons. The SMILES string of the molecule is CC[C@H](C(=O)O)N1C[C@H](COC)C2(CCC2)C1. The van der Waals surface area contributed by atoms with Crippen LogP contribution in [0.2, 0.25) is 0 Å². The van der Waals surface area contributed by atoms with Crippen molar-refractivity contribution < 1.29 is 14.6 Å². The molecule has 17 heavy (non-hydrogen) atoms. The lowest BCUT2D eigenvalue weighted by Gasteiger charge is -2.43. The second kappa shape index (κ2) is 4.94. The Morgan fingerprint density at radius 3 is 2.71 bits per heavy atom. The second-order valence-electron chi connectivity index (χ2n) is 5.56. The molecule has 2 fully saturated rings. The van der Waals surface area contributed by atoms with Gasteiger partial charge in [-0.3, -0.25) is 9.69 Å². The van der Waals surface area contributed by atoms with E-state index in [2.05, 4.69) is 4.90 Å². The zero-order valence-corrected chi connectivity index (χ0v) is 10.8. The normalized spacial score (nSPS) is 29.2.